The van der Waals surface area contributed by atoms with Gasteiger partial charge in [0.25, 0.3) is 5.91 Å². The molecule has 1 aromatic rings. The van der Waals surface area contributed by atoms with E-state index in [0.717, 1.165) is 0 Å². The number of carbonyl (C=O) groups excluding carboxylic acids is 3. The maximum Gasteiger partial charge on any atom is 0.319 e. The monoisotopic (exact) mass is 291 g/mol. The van der Waals surface area contributed by atoms with E-state index in [-0.39, 0.29) is 17.1 Å². The number of nitrogens with zero attached hydrogens (tertiary/aromatic N) is 1. The van der Waals surface area contributed by atoms with Crippen molar-refractivity contribution in [2.75, 3.05) is 19.4 Å². The molecule has 3 amide bonds. The number of hydrogen-bond acceptors (Lipinski definition) is 3. The normalized spacial score (nSPS) is 10.7. The van der Waals surface area contributed by atoms with Crippen LogP contribution in [0.1, 0.15) is 31.1 Å². The maximum atomic E-state index is 11.8. The lowest BCUT2D eigenvalue weighted by Crippen LogP contribution is -2.43. The molecule has 0 atom stereocenters. The SMILES string of the molecule is CN(C)C(=O)C(=O)c1ccc(NC(=O)NC(C)(C)C)cc1. The summed E-state index contributed by atoms with van der Waals surface area (Å²) in [7, 11) is 3.04. The van der Waals surface area contributed by atoms with E-state index in [4.69, 9.17) is 0 Å². The predicted molar refractivity (Wildman–Crippen MR) is 81.4 cm³/mol. The maximum absolute atomic E-state index is 11.8. The van der Waals surface area contributed by atoms with Crippen LogP contribution in [0.25, 0.3) is 0 Å². The summed E-state index contributed by atoms with van der Waals surface area (Å²) in [5.74, 6) is -1.16. The molecular weight excluding hydrogens is 270 g/mol. The molecular formula is C15H21N3O3. The summed E-state index contributed by atoms with van der Waals surface area (Å²) in [4.78, 5) is 36.3. The summed E-state index contributed by atoms with van der Waals surface area (Å²) in [6.45, 7) is 5.63. The highest BCUT2D eigenvalue weighted by molar-refractivity contribution is 6.42. The van der Waals surface area contributed by atoms with E-state index in [1.807, 2.05) is 20.8 Å². The first-order valence-corrected chi connectivity index (χ1v) is 6.55. The Balaban J connectivity index is 2.73. The first-order chi connectivity index (χ1) is 9.60. The third kappa shape index (κ3) is 5.25. The third-order valence-electron chi connectivity index (χ3n) is 2.49. The Labute approximate surface area is 124 Å². The number of rotatable bonds is 3. The van der Waals surface area contributed by atoms with Crippen molar-refractivity contribution in [3.05, 3.63) is 29.8 Å². The Kier molecular flexibility index (Phi) is 5.07. The molecule has 21 heavy (non-hydrogen) atoms. The number of carbonyl (C=O) groups is 3. The van der Waals surface area contributed by atoms with E-state index in [9.17, 15) is 14.4 Å². The Morgan fingerprint density at radius 2 is 1.52 bits per heavy atom. The summed E-state index contributed by atoms with van der Waals surface area (Å²) >= 11 is 0. The second-order valence-electron chi connectivity index (χ2n) is 5.94. The van der Waals surface area contributed by atoms with Crippen LogP contribution in [0.15, 0.2) is 24.3 Å². The zero-order chi connectivity index (χ0) is 16.2. The van der Waals surface area contributed by atoms with Crippen LogP contribution in [0.3, 0.4) is 0 Å². The number of hydrogen-bond donors (Lipinski definition) is 2. The van der Waals surface area contributed by atoms with Gasteiger partial charge >= 0.3 is 6.03 Å². The molecule has 0 bridgehead atoms. The average molecular weight is 291 g/mol. The van der Waals surface area contributed by atoms with E-state index in [2.05, 4.69) is 10.6 Å². The molecule has 0 spiro atoms. The zero-order valence-corrected chi connectivity index (χ0v) is 13.0. The van der Waals surface area contributed by atoms with E-state index in [1.54, 1.807) is 12.1 Å². The van der Waals surface area contributed by atoms with Crippen molar-refractivity contribution in [2.24, 2.45) is 0 Å². The Bertz CT molecular complexity index is 542. The summed E-state index contributed by atoms with van der Waals surface area (Å²) in [6.07, 6.45) is 0. The number of benzene rings is 1. The van der Waals surface area contributed by atoms with E-state index in [1.165, 1.54) is 31.1 Å². The predicted octanol–water partition coefficient (Wildman–Crippen LogP) is 1.88. The Morgan fingerprint density at radius 3 is 1.95 bits per heavy atom. The standard InChI is InChI=1S/C15H21N3O3/c1-15(2,3)17-14(21)16-11-8-6-10(7-9-11)12(19)13(20)18(4)5/h6-9H,1-5H3,(H2,16,17,21). The van der Waals surface area contributed by atoms with Crippen LogP contribution in [0.5, 0.6) is 0 Å². The summed E-state index contributed by atoms with van der Waals surface area (Å²) in [6, 6.07) is 5.86. The van der Waals surface area contributed by atoms with Crippen molar-refractivity contribution in [1.29, 1.82) is 0 Å². The van der Waals surface area contributed by atoms with Gasteiger partial charge < -0.3 is 15.5 Å². The van der Waals surface area contributed by atoms with Gasteiger partial charge in [-0.2, -0.15) is 0 Å². The lowest BCUT2D eigenvalue weighted by Gasteiger charge is -2.20. The van der Waals surface area contributed by atoms with Crippen LogP contribution in [-0.4, -0.2) is 42.3 Å². The molecule has 2 N–H and O–H groups in total. The fourth-order valence-corrected chi connectivity index (χ4v) is 1.53. The topological polar surface area (TPSA) is 78.5 Å². The van der Waals surface area contributed by atoms with Gasteiger partial charge in [-0.1, -0.05) is 0 Å². The lowest BCUT2D eigenvalue weighted by atomic mass is 10.1. The first kappa shape index (κ1) is 16.7. The van der Waals surface area contributed by atoms with E-state index in [0.29, 0.717) is 5.69 Å². The van der Waals surface area contributed by atoms with Crippen molar-refractivity contribution in [2.45, 2.75) is 26.3 Å². The molecule has 1 aromatic carbocycles. The average Bonchev–Trinajstić information content (AvgIpc) is 2.35. The third-order valence-corrected chi connectivity index (χ3v) is 2.49. The number of Topliss-reactive ketones (excluding diaryl/α,β-unsaturated/α-hetero) is 1. The highest BCUT2D eigenvalue weighted by Gasteiger charge is 2.18. The number of urea groups is 1. The molecule has 0 fully saturated rings. The Hall–Kier alpha value is -2.37. The highest BCUT2D eigenvalue weighted by Crippen LogP contribution is 2.11. The molecule has 0 heterocycles. The molecule has 0 radical (unpaired) electrons. The van der Waals surface area contributed by atoms with Gasteiger partial charge in [-0.3, -0.25) is 9.59 Å². The molecule has 6 nitrogen and oxygen atoms in total. The van der Waals surface area contributed by atoms with Crippen molar-refractivity contribution in [3.63, 3.8) is 0 Å². The van der Waals surface area contributed by atoms with Gasteiger partial charge in [-0.05, 0) is 45.0 Å². The van der Waals surface area contributed by atoms with Crippen molar-refractivity contribution in [1.82, 2.24) is 10.2 Å². The van der Waals surface area contributed by atoms with Gasteiger partial charge in [0.15, 0.2) is 0 Å². The Morgan fingerprint density at radius 1 is 1.00 bits per heavy atom. The van der Waals surface area contributed by atoms with Crippen molar-refractivity contribution < 1.29 is 14.4 Å². The van der Waals surface area contributed by atoms with Gasteiger partial charge in [0.1, 0.15) is 0 Å². The van der Waals surface area contributed by atoms with E-state index >= 15 is 0 Å². The summed E-state index contributed by atoms with van der Waals surface area (Å²) in [5, 5.41) is 5.42. The number of amides is 3. The molecule has 0 aromatic heterocycles. The first-order valence-electron chi connectivity index (χ1n) is 6.55. The summed E-state index contributed by atoms with van der Waals surface area (Å²) < 4.78 is 0. The molecule has 0 unspecified atom stereocenters. The zero-order valence-electron chi connectivity index (χ0n) is 13.0. The number of nitrogens with one attached hydrogen (secondary N) is 2. The second-order valence-corrected chi connectivity index (χ2v) is 5.94. The van der Waals surface area contributed by atoms with Gasteiger partial charge in [0, 0.05) is 30.9 Å². The molecule has 114 valence electrons. The fraction of sp³-hybridized carbons (Fsp3) is 0.400. The molecule has 1 rings (SSSR count). The van der Waals surface area contributed by atoms with Crippen LogP contribution in [0.2, 0.25) is 0 Å². The number of ketones is 1. The largest absolute Gasteiger partial charge is 0.342 e. The van der Waals surface area contributed by atoms with Crippen LogP contribution < -0.4 is 10.6 Å². The van der Waals surface area contributed by atoms with Gasteiger partial charge in [-0.25, -0.2) is 4.79 Å². The van der Waals surface area contributed by atoms with Gasteiger partial charge in [0.05, 0.1) is 0 Å². The summed E-state index contributed by atoms with van der Waals surface area (Å²) in [5.41, 5.74) is 0.499. The molecule has 0 saturated heterocycles. The minimum atomic E-state index is -0.582. The molecule has 0 saturated carbocycles. The molecule has 6 heteroatoms. The molecule has 0 aliphatic heterocycles. The van der Waals surface area contributed by atoms with Crippen LogP contribution in [0.4, 0.5) is 10.5 Å². The van der Waals surface area contributed by atoms with Crippen LogP contribution >= 0.6 is 0 Å². The smallest absolute Gasteiger partial charge is 0.319 e. The van der Waals surface area contributed by atoms with Crippen molar-refractivity contribution >= 4 is 23.4 Å². The number of anilines is 1. The molecule has 0 aliphatic carbocycles. The lowest BCUT2D eigenvalue weighted by molar-refractivity contribution is -0.124. The van der Waals surface area contributed by atoms with Gasteiger partial charge in [0.2, 0.25) is 5.78 Å². The second kappa shape index (κ2) is 6.39. The minimum Gasteiger partial charge on any atom is -0.342 e. The van der Waals surface area contributed by atoms with Crippen LogP contribution in [-0.2, 0) is 4.79 Å². The highest BCUT2D eigenvalue weighted by atomic mass is 16.2. The fourth-order valence-electron chi connectivity index (χ4n) is 1.53. The van der Waals surface area contributed by atoms with Crippen molar-refractivity contribution in [3.8, 4) is 0 Å². The van der Waals surface area contributed by atoms with Crippen LogP contribution in [0, 0.1) is 0 Å². The quantitative estimate of drug-likeness (QED) is 0.659. The number of likely N-dealkylation sites (N-methyl/N-ethyl adjacent to an activating group) is 1. The van der Waals surface area contributed by atoms with Gasteiger partial charge in [-0.15, -0.1) is 0 Å². The minimum absolute atomic E-state index is 0.287. The van der Waals surface area contributed by atoms with E-state index < -0.39 is 11.7 Å². The molecule has 0 aliphatic rings.